The van der Waals surface area contributed by atoms with Gasteiger partial charge in [-0.2, -0.15) is 13.2 Å². The smallest absolute Gasteiger partial charge is 0.296 e. The number of carbonyl (C=O) groups is 1. The van der Waals surface area contributed by atoms with Gasteiger partial charge in [-0.15, -0.1) is 0 Å². The van der Waals surface area contributed by atoms with Crippen molar-refractivity contribution in [2.45, 2.75) is 6.18 Å². The van der Waals surface area contributed by atoms with E-state index in [0.29, 0.717) is 27.3 Å². The van der Waals surface area contributed by atoms with E-state index in [1.807, 2.05) is 0 Å². The number of hydrogen-bond acceptors (Lipinski definition) is 5. The van der Waals surface area contributed by atoms with Crippen LogP contribution in [0.1, 0.15) is 16.1 Å². The Morgan fingerprint density at radius 3 is 2.37 bits per heavy atom. The number of anilines is 1. The van der Waals surface area contributed by atoms with Crippen LogP contribution in [0.15, 0.2) is 59.9 Å². The molecule has 0 fully saturated rings. The number of amides is 1. The number of carbonyl (C=O) groups excluding carboxylic acids is 1. The van der Waals surface area contributed by atoms with Crippen LogP contribution in [-0.2, 0) is 6.18 Å². The Balaban J connectivity index is 1.69. The van der Waals surface area contributed by atoms with E-state index < -0.39 is 17.6 Å². The average Bonchev–Trinajstić information content (AvgIpc) is 3.16. The number of aromatic nitrogens is 5. The Labute approximate surface area is 176 Å². The first kappa shape index (κ1) is 20.0. The molecule has 0 radical (unpaired) electrons. The third-order valence-corrected chi connectivity index (χ3v) is 4.79. The summed E-state index contributed by atoms with van der Waals surface area (Å²) < 4.78 is 40.6. The summed E-state index contributed by atoms with van der Waals surface area (Å²) in [6.07, 6.45) is 2.90. The lowest BCUT2D eigenvalue weighted by molar-refractivity contribution is -0.137. The maximum Gasteiger partial charge on any atom is 0.416 e. The molecule has 7 nitrogen and oxygen atoms in total. The summed E-state index contributed by atoms with van der Waals surface area (Å²) in [5.74, 6) is -0.0979. The van der Waals surface area contributed by atoms with Gasteiger partial charge in [0.1, 0.15) is 10.3 Å². The van der Waals surface area contributed by atoms with E-state index in [1.54, 1.807) is 4.40 Å². The maximum absolute atomic E-state index is 12.8. The zero-order valence-electron chi connectivity index (χ0n) is 15.3. The van der Waals surface area contributed by atoms with Crippen molar-refractivity contribution < 1.29 is 18.0 Å². The molecule has 0 aliphatic rings. The van der Waals surface area contributed by atoms with Crippen LogP contribution >= 0.6 is 15.9 Å². The zero-order chi connectivity index (χ0) is 21.5. The Morgan fingerprint density at radius 1 is 1.00 bits per heavy atom. The number of hydrogen-bond donors (Lipinski definition) is 0. The molecule has 0 N–H and O–H groups in total. The Kier molecular flexibility index (Phi) is 4.98. The Morgan fingerprint density at radius 2 is 1.73 bits per heavy atom. The normalized spacial score (nSPS) is 11.6. The second-order valence-electron chi connectivity index (χ2n) is 6.28. The van der Waals surface area contributed by atoms with Gasteiger partial charge in [-0.25, -0.2) is 19.9 Å². The second-order valence-corrected chi connectivity index (χ2v) is 7.09. The standard InChI is InChI=1S/C19H12BrF3N6O/c1-28(16-8-25-15(20)7-27-16)18(30)13-10-29-14(6-26-17(29)9-24-13)11-2-4-12(5-3-11)19(21,22)23/h2-10H,1H3. The molecular formula is C19H12BrF3N6O. The third-order valence-electron chi connectivity index (χ3n) is 4.38. The molecular weight excluding hydrogens is 465 g/mol. The molecule has 4 aromatic rings. The molecule has 0 bridgehead atoms. The molecule has 0 saturated heterocycles. The van der Waals surface area contributed by atoms with E-state index in [2.05, 4.69) is 35.9 Å². The summed E-state index contributed by atoms with van der Waals surface area (Å²) in [5, 5.41) is 0. The summed E-state index contributed by atoms with van der Waals surface area (Å²) in [4.78, 5) is 30.6. The highest BCUT2D eigenvalue weighted by atomic mass is 79.9. The lowest BCUT2D eigenvalue weighted by Crippen LogP contribution is -2.28. The fourth-order valence-electron chi connectivity index (χ4n) is 2.80. The number of nitrogens with zero attached hydrogens (tertiary/aromatic N) is 6. The fraction of sp³-hybridized carbons (Fsp3) is 0.105. The van der Waals surface area contributed by atoms with Crippen molar-refractivity contribution >= 4 is 33.3 Å². The van der Waals surface area contributed by atoms with Crippen molar-refractivity contribution in [1.29, 1.82) is 0 Å². The fourth-order valence-corrected chi connectivity index (χ4v) is 3.00. The molecule has 152 valence electrons. The first-order valence-electron chi connectivity index (χ1n) is 8.50. The average molecular weight is 477 g/mol. The molecule has 0 saturated carbocycles. The van der Waals surface area contributed by atoms with Gasteiger partial charge in [0, 0.05) is 18.8 Å². The van der Waals surface area contributed by atoms with E-state index in [1.165, 1.54) is 55.1 Å². The van der Waals surface area contributed by atoms with Crippen LogP contribution in [0, 0.1) is 0 Å². The van der Waals surface area contributed by atoms with Gasteiger partial charge in [-0.3, -0.25) is 14.1 Å². The summed E-state index contributed by atoms with van der Waals surface area (Å²) >= 11 is 3.18. The first-order chi connectivity index (χ1) is 14.2. The van der Waals surface area contributed by atoms with Gasteiger partial charge in [0.25, 0.3) is 5.91 Å². The van der Waals surface area contributed by atoms with Gasteiger partial charge in [0.2, 0.25) is 0 Å². The molecule has 0 unspecified atom stereocenters. The van der Waals surface area contributed by atoms with Crippen molar-refractivity contribution in [3.63, 3.8) is 0 Å². The van der Waals surface area contributed by atoms with Gasteiger partial charge in [-0.05, 0) is 28.1 Å². The molecule has 3 heterocycles. The topological polar surface area (TPSA) is 76.3 Å². The van der Waals surface area contributed by atoms with Crippen LogP contribution in [-0.4, -0.2) is 37.3 Å². The number of fused-ring (bicyclic) bond motifs is 1. The minimum atomic E-state index is -4.41. The van der Waals surface area contributed by atoms with Crippen molar-refractivity contribution in [2.24, 2.45) is 0 Å². The van der Waals surface area contributed by atoms with Crippen molar-refractivity contribution in [3.8, 4) is 11.3 Å². The first-order valence-corrected chi connectivity index (χ1v) is 9.29. The minimum Gasteiger partial charge on any atom is -0.296 e. The van der Waals surface area contributed by atoms with Crippen LogP contribution in [0.3, 0.4) is 0 Å². The highest BCUT2D eigenvalue weighted by Crippen LogP contribution is 2.31. The number of rotatable bonds is 3. The highest BCUT2D eigenvalue weighted by molar-refractivity contribution is 9.10. The summed E-state index contributed by atoms with van der Waals surface area (Å²) in [6, 6.07) is 4.72. The molecule has 30 heavy (non-hydrogen) atoms. The number of benzene rings is 1. The van der Waals surface area contributed by atoms with Gasteiger partial charge < -0.3 is 0 Å². The van der Waals surface area contributed by atoms with Crippen molar-refractivity contribution in [3.05, 3.63) is 71.1 Å². The molecule has 11 heteroatoms. The summed E-state index contributed by atoms with van der Waals surface area (Å²) in [6.45, 7) is 0. The Hall–Kier alpha value is -3.34. The SMILES string of the molecule is CN(C(=O)c1cn2c(-c3ccc(C(F)(F)F)cc3)cnc2cn1)c1cnc(Br)cn1. The third kappa shape index (κ3) is 3.75. The van der Waals surface area contributed by atoms with Crippen LogP contribution in [0.5, 0.6) is 0 Å². The zero-order valence-corrected chi connectivity index (χ0v) is 16.9. The van der Waals surface area contributed by atoms with Gasteiger partial charge in [0.15, 0.2) is 11.5 Å². The number of alkyl halides is 3. The molecule has 1 amide bonds. The second kappa shape index (κ2) is 7.48. The van der Waals surface area contributed by atoms with E-state index in [9.17, 15) is 18.0 Å². The molecule has 0 spiro atoms. The van der Waals surface area contributed by atoms with E-state index in [-0.39, 0.29) is 5.69 Å². The monoisotopic (exact) mass is 476 g/mol. The summed E-state index contributed by atoms with van der Waals surface area (Å²) in [7, 11) is 1.54. The predicted octanol–water partition coefficient (Wildman–Crippen LogP) is 4.24. The maximum atomic E-state index is 12.8. The number of halogens is 4. The molecule has 0 aliphatic carbocycles. The van der Waals surface area contributed by atoms with E-state index in [0.717, 1.165) is 12.1 Å². The predicted molar refractivity (Wildman–Crippen MR) is 106 cm³/mol. The van der Waals surface area contributed by atoms with Gasteiger partial charge in [0.05, 0.1) is 36.0 Å². The van der Waals surface area contributed by atoms with Crippen LogP contribution in [0.2, 0.25) is 0 Å². The lowest BCUT2D eigenvalue weighted by Gasteiger charge is -2.15. The summed E-state index contributed by atoms with van der Waals surface area (Å²) in [5.41, 5.74) is 0.872. The highest BCUT2D eigenvalue weighted by Gasteiger charge is 2.30. The van der Waals surface area contributed by atoms with E-state index in [4.69, 9.17) is 0 Å². The number of imidazole rings is 1. The molecule has 1 aromatic carbocycles. The molecule has 0 atom stereocenters. The van der Waals surface area contributed by atoms with Crippen molar-refractivity contribution in [1.82, 2.24) is 24.3 Å². The largest absolute Gasteiger partial charge is 0.416 e. The van der Waals surface area contributed by atoms with Crippen LogP contribution in [0.25, 0.3) is 16.9 Å². The molecule has 3 aromatic heterocycles. The Bertz CT molecular complexity index is 1220. The minimum absolute atomic E-state index is 0.112. The van der Waals surface area contributed by atoms with Gasteiger partial charge >= 0.3 is 6.18 Å². The molecule has 4 rings (SSSR count). The van der Waals surface area contributed by atoms with E-state index >= 15 is 0 Å². The van der Waals surface area contributed by atoms with Gasteiger partial charge in [-0.1, -0.05) is 12.1 Å². The molecule has 0 aliphatic heterocycles. The van der Waals surface area contributed by atoms with Crippen LogP contribution < -0.4 is 4.90 Å². The quantitative estimate of drug-likeness (QED) is 0.441. The van der Waals surface area contributed by atoms with Crippen LogP contribution in [0.4, 0.5) is 19.0 Å². The lowest BCUT2D eigenvalue weighted by atomic mass is 10.1. The van der Waals surface area contributed by atoms with Crippen molar-refractivity contribution in [2.75, 3.05) is 11.9 Å².